The normalized spacial score (nSPS) is 24.9. The van der Waals surface area contributed by atoms with Crippen LogP contribution in [0.5, 0.6) is 0 Å². The van der Waals surface area contributed by atoms with Crippen LogP contribution in [0.2, 0.25) is 0 Å². The molecule has 3 aromatic rings. The zero-order chi connectivity index (χ0) is 21.9. The Bertz CT molecular complexity index is 1140. The first-order valence-corrected chi connectivity index (χ1v) is 12.1. The van der Waals surface area contributed by atoms with Crippen molar-refractivity contribution in [1.82, 2.24) is 15.2 Å². The number of fused-ring (bicyclic) bond motifs is 5. The molecule has 0 spiro atoms. The quantitative estimate of drug-likeness (QED) is 0.626. The molecule has 4 heterocycles. The van der Waals surface area contributed by atoms with E-state index in [1.54, 1.807) is 11.3 Å². The van der Waals surface area contributed by atoms with Gasteiger partial charge in [-0.1, -0.05) is 0 Å². The molecule has 3 atom stereocenters. The van der Waals surface area contributed by atoms with E-state index in [0.717, 1.165) is 57.0 Å². The third kappa shape index (κ3) is 3.44. The lowest BCUT2D eigenvalue weighted by Gasteiger charge is -2.47. The van der Waals surface area contributed by atoms with Gasteiger partial charge in [-0.2, -0.15) is 0 Å². The van der Waals surface area contributed by atoms with E-state index in [9.17, 15) is 4.79 Å². The number of nitrogens with zero attached hydrogens (tertiary/aromatic N) is 3. The summed E-state index contributed by atoms with van der Waals surface area (Å²) in [5.74, 6) is 1.05. The summed E-state index contributed by atoms with van der Waals surface area (Å²) in [7, 11) is 0. The molecule has 1 amide bonds. The number of carbonyl (C=O) groups is 1. The highest BCUT2D eigenvalue weighted by molar-refractivity contribution is 7.21. The zero-order valence-corrected chi connectivity index (χ0v) is 19.7. The van der Waals surface area contributed by atoms with Gasteiger partial charge < -0.3 is 15.5 Å². The minimum atomic E-state index is 0.0115. The zero-order valence-electron chi connectivity index (χ0n) is 18.9. The van der Waals surface area contributed by atoms with Crippen LogP contribution in [0.3, 0.4) is 0 Å². The molecular weight excluding hydrogens is 406 g/mol. The molecule has 6 nitrogen and oxygen atoms in total. The van der Waals surface area contributed by atoms with Gasteiger partial charge in [0.15, 0.2) is 0 Å². The summed E-state index contributed by atoms with van der Waals surface area (Å²) in [6, 6.07) is 10.2. The standard InChI is InChI=1S/C24H31N5OS/c1-13(2)29-15(4)11-28(12-16(29)5)20-9-6-17-18(27-20)7-8-19-21(17)22-23(31-19)24(30)26-14(3)10-25-22/h6-9,13-16,25H,10-12H2,1-5H3,(H,26,30)/t14-,15-,16+/m1/s1. The van der Waals surface area contributed by atoms with E-state index in [1.807, 2.05) is 6.92 Å². The van der Waals surface area contributed by atoms with E-state index in [-0.39, 0.29) is 11.9 Å². The van der Waals surface area contributed by atoms with Gasteiger partial charge in [0.05, 0.1) is 11.2 Å². The topological polar surface area (TPSA) is 60.5 Å². The molecule has 2 aliphatic heterocycles. The van der Waals surface area contributed by atoms with Crippen LogP contribution in [0.15, 0.2) is 24.3 Å². The fraction of sp³-hybridized carbons (Fsp3) is 0.500. The third-order valence-corrected chi connectivity index (χ3v) is 7.74. The van der Waals surface area contributed by atoms with Gasteiger partial charge in [-0.05, 0) is 58.9 Å². The van der Waals surface area contributed by atoms with Gasteiger partial charge in [0.1, 0.15) is 10.7 Å². The van der Waals surface area contributed by atoms with Gasteiger partial charge in [-0.25, -0.2) is 4.98 Å². The van der Waals surface area contributed by atoms with Gasteiger partial charge in [-0.15, -0.1) is 11.3 Å². The van der Waals surface area contributed by atoms with E-state index in [0.29, 0.717) is 18.1 Å². The Labute approximate surface area is 187 Å². The first-order chi connectivity index (χ1) is 14.8. The number of piperazine rings is 1. The van der Waals surface area contributed by atoms with Crippen LogP contribution in [-0.4, -0.2) is 59.6 Å². The summed E-state index contributed by atoms with van der Waals surface area (Å²) in [5, 5.41) is 8.79. The average molecular weight is 438 g/mol. The van der Waals surface area contributed by atoms with Crippen molar-refractivity contribution in [2.45, 2.75) is 58.8 Å². The van der Waals surface area contributed by atoms with Gasteiger partial charge in [0.2, 0.25) is 0 Å². The first kappa shape index (κ1) is 20.5. The highest BCUT2D eigenvalue weighted by Gasteiger charge is 2.32. The van der Waals surface area contributed by atoms with E-state index in [1.165, 1.54) is 0 Å². The highest BCUT2D eigenvalue weighted by atomic mass is 32.1. The van der Waals surface area contributed by atoms with Crippen molar-refractivity contribution in [2.24, 2.45) is 0 Å². The second-order valence-electron chi connectivity index (χ2n) is 9.38. The maximum atomic E-state index is 12.7. The molecule has 0 bridgehead atoms. The molecule has 0 saturated carbocycles. The molecule has 1 aromatic carbocycles. The van der Waals surface area contributed by atoms with E-state index in [2.05, 4.69) is 72.4 Å². The molecule has 0 radical (unpaired) electrons. The number of thiophene rings is 1. The predicted molar refractivity (Wildman–Crippen MR) is 131 cm³/mol. The number of hydrogen-bond acceptors (Lipinski definition) is 6. The van der Waals surface area contributed by atoms with Crippen molar-refractivity contribution in [1.29, 1.82) is 0 Å². The van der Waals surface area contributed by atoms with Crippen LogP contribution < -0.4 is 15.5 Å². The van der Waals surface area contributed by atoms with Crippen molar-refractivity contribution < 1.29 is 4.79 Å². The number of benzene rings is 1. The fourth-order valence-electron chi connectivity index (χ4n) is 5.43. The van der Waals surface area contributed by atoms with Crippen LogP contribution in [0.4, 0.5) is 11.5 Å². The Morgan fingerprint density at radius 3 is 2.55 bits per heavy atom. The SMILES string of the molecule is CC(C)N1[C@H](C)CN(c2ccc3c(ccc4sc5c(c43)NC[C@@H](C)NC5=O)n2)C[C@@H]1C. The average Bonchev–Trinajstić information content (AvgIpc) is 3.03. The Kier molecular flexibility index (Phi) is 5.06. The third-order valence-electron chi connectivity index (χ3n) is 6.58. The highest BCUT2D eigenvalue weighted by Crippen LogP contribution is 2.41. The second-order valence-corrected chi connectivity index (χ2v) is 10.4. The molecule has 31 heavy (non-hydrogen) atoms. The largest absolute Gasteiger partial charge is 0.381 e. The summed E-state index contributed by atoms with van der Waals surface area (Å²) in [4.78, 5) is 23.5. The maximum absolute atomic E-state index is 12.7. The van der Waals surface area contributed by atoms with Gasteiger partial charge >= 0.3 is 0 Å². The van der Waals surface area contributed by atoms with Crippen LogP contribution in [-0.2, 0) is 0 Å². The lowest BCUT2D eigenvalue weighted by molar-refractivity contribution is 0.0946. The maximum Gasteiger partial charge on any atom is 0.263 e. The number of nitrogens with one attached hydrogen (secondary N) is 2. The Balaban J connectivity index is 1.54. The summed E-state index contributed by atoms with van der Waals surface area (Å²) >= 11 is 1.56. The van der Waals surface area contributed by atoms with Crippen molar-refractivity contribution in [2.75, 3.05) is 29.9 Å². The van der Waals surface area contributed by atoms with Crippen molar-refractivity contribution in [3.63, 3.8) is 0 Å². The number of anilines is 2. The smallest absolute Gasteiger partial charge is 0.263 e. The predicted octanol–water partition coefficient (Wildman–Crippen LogP) is 4.30. The molecule has 1 fully saturated rings. The molecule has 1 saturated heterocycles. The molecule has 5 rings (SSSR count). The summed E-state index contributed by atoms with van der Waals surface area (Å²) in [6.45, 7) is 13.9. The summed E-state index contributed by atoms with van der Waals surface area (Å²) < 4.78 is 1.12. The number of rotatable bonds is 2. The number of amides is 1. The molecular formula is C24H31N5OS. The molecule has 2 N–H and O–H groups in total. The number of hydrogen-bond donors (Lipinski definition) is 2. The number of pyridine rings is 1. The lowest BCUT2D eigenvalue weighted by atomic mass is 10.0. The fourth-order valence-corrected chi connectivity index (χ4v) is 6.53. The van der Waals surface area contributed by atoms with E-state index >= 15 is 0 Å². The summed E-state index contributed by atoms with van der Waals surface area (Å²) in [5.41, 5.74) is 1.94. The number of carbonyl (C=O) groups excluding carboxylic acids is 1. The van der Waals surface area contributed by atoms with E-state index in [4.69, 9.17) is 4.98 Å². The van der Waals surface area contributed by atoms with Crippen molar-refractivity contribution in [3.8, 4) is 0 Å². The van der Waals surface area contributed by atoms with Crippen LogP contribution >= 0.6 is 11.3 Å². The van der Waals surface area contributed by atoms with Crippen LogP contribution in [0.25, 0.3) is 21.0 Å². The number of aromatic nitrogens is 1. The van der Waals surface area contributed by atoms with Gasteiger partial charge in [0.25, 0.3) is 5.91 Å². The van der Waals surface area contributed by atoms with E-state index < -0.39 is 0 Å². The minimum absolute atomic E-state index is 0.0115. The second kappa shape index (κ2) is 7.64. The monoisotopic (exact) mass is 437 g/mol. The molecule has 164 valence electrons. The Morgan fingerprint density at radius 1 is 1.10 bits per heavy atom. The first-order valence-electron chi connectivity index (χ1n) is 11.3. The summed E-state index contributed by atoms with van der Waals surface area (Å²) in [6.07, 6.45) is 0. The Hall–Kier alpha value is -2.38. The molecule has 2 aromatic heterocycles. The van der Waals surface area contributed by atoms with Gasteiger partial charge in [-0.3, -0.25) is 9.69 Å². The molecule has 2 aliphatic rings. The van der Waals surface area contributed by atoms with Crippen LogP contribution in [0.1, 0.15) is 44.3 Å². The van der Waals surface area contributed by atoms with Gasteiger partial charge in [0, 0.05) is 59.3 Å². The Morgan fingerprint density at radius 2 is 1.84 bits per heavy atom. The van der Waals surface area contributed by atoms with Crippen molar-refractivity contribution in [3.05, 3.63) is 29.1 Å². The molecule has 7 heteroatoms. The van der Waals surface area contributed by atoms with Crippen LogP contribution in [0, 0.1) is 0 Å². The minimum Gasteiger partial charge on any atom is -0.381 e. The molecule has 0 aliphatic carbocycles. The molecule has 0 unspecified atom stereocenters. The lowest BCUT2D eigenvalue weighted by Crippen LogP contribution is -2.59. The van der Waals surface area contributed by atoms with Crippen molar-refractivity contribution >= 4 is 49.7 Å².